The maximum atomic E-state index is 10.8. The number of hydrogen-bond donors (Lipinski definition) is 1. The number of hydrogen-bond acceptors (Lipinski definition) is 5. The summed E-state index contributed by atoms with van der Waals surface area (Å²) in [7, 11) is 1.29. The van der Waals surface area contributed by atoms with Crippen LogP contribution in [0.1, 0.15) is 19.4 Å². The highest BCUT2D eigenvalue weighted by atomic mass is 17.2. The van der Waals surface area contributed by atoms with E-state index in [0.29, 0.717) is 0 Å². The van der Waals surface area contributed by atoms with Crippen molar-refractivity contribution in [2.45, 2.75) is 13.8 Å². The van der Waals surface area contributed by atoms with Crippen molar-refractivity contribution in [2.24, 2.45) is 5.84 Å². The lowest BCUT2D eigenvalue weighted by Crippen LogP contribution is -2.29. The Hall–Kier alpha value is -1.69. The van der Waals surface area contributed by atoms with Gasteiger partial charge in [0.15, 0.2) is 0 Å². The molecule has 0 bridgehead atoms. The minimum atomic E-state index is -0.522. The Morgan fingerprint density at radius 1 is 1.26 bits per heavy atom. The van der Waals surface area contributed by atoms with E-state index in [2.05, 4.69) is 9.78 Å². The highest BCUT2D eigenvalue weighted by Gasteiger charge is 1.94. The second-order valence-electron chi connectivity index (χ2n) is 3.53. The molecule has 0 aliphatic rings. The molecular formula is C14H22N2O3. The highest BCUT2D eigenvalue weighted by Crippen LogP contribution is 2.00. The fourth-order valence-electron chi connectivity index (χ4n) is 1.06. The Kier molecular flexibility index (Phi) is 10.4. The molecule has 0 spiro atoms. The van der Waals surface area contributed by atoms with Crippen LogP contribution >= 0.6 is 0 Å². The zero-order valence-electron chi connectivity index (χ0n) is 11.7. The number of rotatable bonds is 5. The minimum Gasteiger partial charge on any atom is -0.294 e. The number of carbonyl (C=O) groups excluding carboxylic acids is 1. The van der Waals surface area contributed by atoms with Crippen LogP contribution in [0.15, 0.2) is 36.4 Å². The van der Waals surface area contributed by atoms with Crippen LogP contribution in [0.2, 0.25) is 0 Å². The van der Waals surface area contributed by atoms with E-state index in [0.717, 1.165) is 18.7 Å². The van der Waals surface area contributed by atoms with E-state index in [4.69, 9.17) is 5.84 Å². The van der Waals surface area contributed by atoms with Gasteiger partial charge in [-0.1, -0.05) is 44.2 Å². The van der Waals surface area contributed by atoms with Gasteiger partial charge in [-0.15, -0.1) is 0 Å². The van der Waals surface area contributed by atoms with E-state index in [9.17, 15) is 4.79 Å². The van der Waals surface area contributed by atoms with Crippen LogP contribution in [-0.2, 0) is 14.6 Å². The van der Waals surface area contributed by atoms with Crippen molar-refractivity contribution < 1.29 is 14.6 Å². The minimum absolute atomic E-state index is 0.522. The topological polar surface area (TPSA) is 64.8 Å². The summed E-state index contributed by atoms with van der Waals surface area (Å²) >= 11 is 0. The predicted octanol–water partition coefficient (Wildman–Crippen LogP) is 2.01. The largest absolute Gasteiger partial charge is 0.365 e. The van der Waals surface area contributed by atoms with Gasteiger partial charge in [-0.25, -0.2) is 9.80 Å². The lowest BCUT2D eigenvalue weighted by Gasteiger charge is -2.07. The Labute approximate surface area is 114 Å². The van der Waals surface area contributed by atoms with Gasteiger partial charge in [0.25, 0.3) is 0 Å². The molecule has 5 nitrogen and oxygen atoms in total. The average molecular weight is 266 g/mol. The van der Waals surface area contributed by atoms with Crippen LogP contribution in [0.25, 0.3) is 6.08 Å². The van der Waals surface area contributed by atoms with E-state index in [1.807, 2.05) is 44.2 Å². The fraction of sp³-hybridized carbons (Fsp3) is 0.357. The van der Waals surface area contributed by atoms with Gasteiger partial charge >= 0.3 is 5.97 Å². The Bertz CT molecular complexity index is 362. The van der Waals surface area contributed by atoms with Crippen molar-refractivity contribution in [3.63, 3.8) is 0 Å². The Morgan fingerprint density at radius 2 is 1.84 bits per heavy atom. The van der Waals surface area contributed by atoms with Crippen LogP contribution in [0.3, 0.4) is 0 Å². The number of hydrazine groups is 1. The summed E-state index contributed by atoms with van der Waals surface area (Å²) in [6, 6.07) is 9.46. The molecule has 0 heterocycles. The number of carbonyl (C=O) groups is 1. The first-order chi connectivity index (χ1) is 9.13. The van der Waals surface area contributed by atoms with Crippen LogP contribution in [-0.4, -0.2) is 31.2 Å². The first-order valence-corrected chi connectivity index (χ1v) is 6.11. The third kappa shape index (κ3) is 9.96. The SMILES string of the molecule is CCN(N)CC.COOC(=O)C=Cc1ccccc1. The average Bonchev–Trinajstić information content (AvgIpc) is 2.46. The summed E-state index contributed by atoms with van der Waals surface area (Å²) in [5, 5.41) is 1.75. The molecule has 2 N–H and O–H groups in total. The molecule has 0 aromatic heterocycles. The molecule has 1 rings (SSSR count). The van der Waals surface area contributed by atoms with Gasteiger partial charge in [0.1, 0.15) is 0 Å². The molecule has 0 atom stereocenters. The normalized spacial score (nSPS) is 10.2. The van der Waals surface area contributed by atoms with Gasteiger partial charge in [0.2, 0.25) is 0 Å². The summed E-state index contributed by atoms with van der Waals surface area (Å²) in [5.41, 5.74) is 0.940. The molecule has 1 aromatic rings. The van der Waals surface area contributed by atoms with Crippen LogP contribution in [0.5, 0.6) is 0 Å². The fourth-order valence-corrected chi connectivity index (χ4v) is 1.06. The maximum Gasteiger partial charge on any atom is 0.365 e. The molecule has 0 amide bonds. The van der Waals surface area contributed by atoms with Crippen molar-refractivity contribution >= 4 is 12.0 Å². The monoisotopic (exact) mass is 266 g/mol. The van der Waals surface area contributed by atoms with Gasteiger partial charge in [-0.05, 0) is 11.6 Å². The van der Waals surface area contributed by atoms with Gasteiger partial charge in [0.05, 0.1) is 7.11 Å². The third-order valence-electron chi connectivity index (χ3n) is 2.19. The van der Waals surface area contributed by atoms with Crippen LogP contribution in [0, 0.1) is 0 Å². The first-order valence-electron chi connectivity index (χ1n) is 6.11. The van der Waals surface area contributed by atoms with E-state index in [1.165, 1.54) is 13.2 Å². The van der Waals surface area contributed by atoms with Crippen molar-refractivity contribution in [3.05, 3.63) is 42.0 Å². The molecule has 5 heteroatoms. The standard InChI is InChI=1S/C10H10O3.C4H12N2/c1-12-13-10(11)8-7-9-5-3-2-4-6-9;1-3-6(5)4-2/h2-8H,1H3;3-5H2,1-2H3. The molecule has 0 aliphatic heterocycles. The quantitative estimate of drug-likeness (QED) is 0.382. The summed E-state index contributed by atoms with van der Waals surface area (Å²) in [4.78, 5) is 19.2. The van der Waals surface area contributed by atoms with Crippen molar-refractivity contribution in [1.29, 1.82) is 0 Å². The van der Waals surface area contributed by atoms with E-state index < -0.39 is 5.97 Å². The number of nitrogens with two attached hydrogens (primary N) is 1. The molecule has 0 fully saturated rings. The lowest BCUT2D eigenvalue weighted by molar-refractivity contribution is -0.249. The van der Waals surface area contributed by atoms with Gasteiger partial charge < -0.3 is 0 Å². The number of nitrogens with zero attached hydrogens (tertiary/aromatic N) is 1. The molecule has 0 unspecified atom stereocenters. The molecule has 1 aromatic carbocycles. The molecule has 0 aliphatic carbocycles. The Morgan fingerprint density at radius 3 is 2.26 bits per heavy atom. The highest BCUT2D eigenvalue weighted by molar-refractivity contribution is 5.86. The lowest BCUT2D eigenvalue weighted by atomic mass is 10.2. The maximum absolute atomic E-state index is 10.8. The second-order valence-corrected chi connectivity index (χ2v) is 3.53. The number of benzene rings is 1. The molecule has 0 saturated heterocycles. The third-order valence-corrected chi connectivity index (χ3v) is 2.19. The van der Waals surface area contributed by atoms with Gasteiger partial charge in [-0.3, -0.25) is 10.7 Å². The summed E-state index contributed by atoms with van der Waals surface area (Å²) in [6.07, 6.45) is 2.96. The van der Waals surface area contributed by atoms with Crippen LogP contribution < -0.4 is 5.84 Å². The zero-order chi connectivity index (χ0) is 14.5. The van der Waals surface area contributed by atoms with Crippen LogP contribution in [0.4, 0.5) is 0 Å². The van der Waals surface area contributed by atoms with E-state index in [-0.39, 0.29) is 0 Å². The molecular weight excluding hydrogens is 244 g/mol. The second kappa shape index (κ2) is 11.4. The molecule has 106 valence electrons. The van der Waals surface area contributed by atoms with E-state index in [1.54, 1.807) is 11.1 Å². The summed E-state index contributed by atoms with van der Waals surface area (Å²) < 4.78 is 0. The first kappa shape index (κ1) is 17.3. The molecule has 0 radical (unpaired) electrons. The van der Waals surface area contributed by atoms with Gasteiger partial charge in [-0.2, -0.15) is 4.89 Å². The van der Waals surface area contributed by atoms with Gasteiger partial charge in [0, 0.05) is 19.2 Å². The molecule has 19 heavy (non-hydrogen) atoms. The molecule has 0 saturated carbocycles. The predicted molar refractivity (Wildman–Crippen MR) is 75.7 cm³/mol. The van der Waals surface area contributed by atoms with Crippen molar-refractivity contribution in [3.8, 4) is 0 Å². The zero-order valence-corrected chi connectivity index (χ0v) is 11.7. The smallest absolute Gasteiger partial charge is 0.294 e. The van der Waals surface area contributed by atoms with Crippen molar-refractivity contribution in [2.75, 3.05) is 20.2 Å². The Balaban J connectivity index is 0.000000459. The summed E-state index contributed by atoms with van der Waals surface area (Å²) in [6.45, 7) is 5.94. The summed E-state index contributed by atoms with van der Waals surface area (Å²) in [5.74, 6) is 4.78. The van der Waals surface area contributed by atoms with E-state index >= 15 is 0 Å². The van der Waals surface area contributed by atoms with Crippen molar-refractivity contribution in [1.82, 2.24) is 5.01 Å².